The van der Waals surface area contributed by atoms with Crippen LogP contribution in [0, 0.1) is 10.7 Å². The van der Waals surface area contributed by atoms with Crippen LogP contribution >= 0.6 is 67.8 Å². The van der Waals surface area contributed by atoms with Crippen LogP contribution < -0.4 is 16.4 Å². The number of carboxylic acids is 1. The van der Waals surface area contributed by atoms with E-state index in [9.17, 15) is 14.4 Å². The maximum absolute atomic E-state index is 12.1. The van der Waals surface area contributed by atoms with E-state index in [1.54, 1.807) is 0 Å². The van der Waals surface area contributed by atoms with Crippen LogP contribution in [0.5, 0.6) is 0 Å². The molecule has 0 aromatic heterocycles. The van der Waals surface area contributed by atoms with Gasteiger partial charge in [-0.25, -0.2) is 0 Å². The zero-order valence-electron chi connectivity index (χ0n) is 10.6. The number of nitrogens with two attached hydrogens (primary N) is 1. The Morgan fingerprint density at radius 2 is 1.52 bits per heavy atom. The van der Waals surface area contributed by atoms with Gasteiger partial charge in [0.15, 0.2) is 0 Å². The van der Waals surface area contributed by atoms with Gasteiger partial charge in [-0.15, -0.1) is 0 Å². The van der Waals surface area contributed by atoms with Gasteiger partial charge in [0.2, 0.25) is 0 Å². The molecule has 0 heterocycles. The number of hydrogen-bond donors (Lipinski definition) is 4. The molecule has 0 radical (unpaired) electrons. The van der Waals surface area contributed by atoms with E-state index in [0.29, 0.717) is 22.0 Å². The monoisotopic (exact) mass is 629 g/mol. The number of hydrogen-bond acceptors (Lipinski definition) is 4. The number of aliphatic carboxylic acids is 1. The molecule has 0 saturated carbocycles. The van der Waals surface area contributed by atoms with Crippen molar-refractivity contribution in [2.24, 2.45) is 0 Å². The average Bonchev–Trinajstić information content (AvgIpc) is 2.42. The Morgan fingerprint density at radius 1 is 1.05 bits per heavy atom. The highest BCUT2D eigenvalue weighted by Gasteiger charge is 2.26. The molecule has 1 aromatic rings. The van der Waals surface area contributed by atoms with Crippen LogP contribution in [-0.4, -0.2) is 36.5 Å². The van der Waals surface area contributed by atoms with Crippen LogP contribution in [0.2, 0.25) is 0 Å². The molecule has 10 heteroatoms. The number of carboxylic acid groups (broad SMARTS) is 1. The summed E-state index contributed by atoms with van der Waals surface area (Å²) in [5.41, 5.74) is 6.77. The number of nitrogen functional groups attached to an aromatic ring is 1. The predicted octanol–water partition coefficient (Wildman–Crippen LogP) is 1.26. The second kappa shape index (κ2) is 7.75. The molecule has 0 unspecified atom stereocenters. The van der Waals surface area contributed by atoms with Gasteiger partial charge in [0.1, 0.15) is 6.54 Å². The van der Waals surface area contributed by atoms with E-state index in [0.717, 1.165) is 0 Å². The Morgan fingerprint density at radius 3 is 1.95 bits per heavy atom. The van der Waals surface area contributed by atoms with Gasteiger partial charge in [-0.1, -0.05) is 0 Å². The molecule has 0 bridgehead atoms. The van der Waals surface area contributed by atoms with Crippen molar-refractivity contribution in [2.45, 2.75) is 0 Å². The maximum Gasteiger partial charge on any atom is 0.322 e. The van der Waals surface area contributed by atoms with Gasteiger partial charge >= 0.3 is 5.97 Å². The zero-order chi connectivity index (χ0) is 16.3. The second-order valence-corrected chi connectivity index (χ2v) is 7.00. The molecule has 0 spiro atoms. The summed E-state index contributed by atoms with van der Waals surface area (Å²) in [6, 6.07) is 0. The first-order valence-corrected chi connectivity index (χ1v) is 8.63. The Hall–Kier alpha value is -0.380. The molecule has 0 fully saturated rings. The van der Waals surface area contributed by atoms with E-state index in [1.165, 1.54) is 7.05 Å². The lowest BCUT2D eigenvalue weighted by molar-refractivity contribution is -0.135. The lowest BCUT2D eigenvalue weighted by Gasteiger charge is -2.16. The number of nitrogens with one attached hydrogen (secondary N) is 2. The highest BCUT2D eigenvalue weighted by molar-refractivity contribution is 14.1. The third-order valence-electron chi connectivity index (χ3n) is 2.43. The Labute approximate surface area is 161 Å². The van der Waals surface area contributed by atoms with Crippen LogP contribution in [0.15, 0.2) is 0 Å². The molecule has 2 amide bonds. The fourth-order valence-electron chi connectivity index (χ4n) is 1.45. The smallest absolute Gasteiger partial charge is 0.322 e. The van der Waals surface area contributed by atoms with E-state index >= 15 is 0 Å². The number of benzene rings is 1. The van der Waals surface area contributed by atoms with Crippen molar-refractivity contribution in [1.29, 1.82) is 0 Å². The Kier molecular flexibility index (Phi) is 6.89. The predicted molar refractivity (Wildman–Crippen MR) is 102 cm³/mol. The minimum absolute atomic E-state index is 0.203. The van der Waals surface area contributed by atoms with Crippen molar-refractivity contribution in [3.8, 4) is 0 Å². The molecule has 1 rings (SSSR count). The summed E-state index contributed by atoms with van der Waals surface area (Å²) < 4.78 is 1.46. The van der Waals surface area contributed by atoms with Crippen LogP contribution in [0.25, 0.3) is 0 Å². The highest BCUT2D eigenvalue weighted by Crippen LogP contribution is 2.33. The van der Waals surface area contributed by atoms with Gasteiger partial charge in [-0.2, -0.15) is 0 Å². The van der Waals surface area contributed by atoms with Crippen molar-refractivity contribution in [2.75, 3.05) is 19.3 Å². The molecule has 0 aliphatic heterocycles. The van der Waals surface area contributed by atoms with Crippen LogP contribution in [0.1, 0.15) is 20.7 Å². The van der Waals surface area contributed by atoms with Crippen LogP contribution in [-0.2, 0) is 4.79 Å². The van der Waals surface area contributed by atoms with Gasteiger partial charge in [-0.05, 0) is 67.8 Å². The molecule has 0 atom stereocenters. The van der Waals surface area contributed by atoms with Gasteiger partial charge in [0.05, 0.1) is 24.0 Å². The Bertz CT molecular complexity index is 634. The SMILES string of the molecule is CNC(=O)c1c(I)c(N)c(I)c(C(=O)NCC(=O)O)c1I. The molecule has 0 aliphatic rings. The standard InChI is InChI=1S/C11H10I3N3O4/c1-16-10(20)4-6(12)5(8(14)9(15)7(4)13)11(21)17-2-3(18)19/h2,15H2,1H3,(H,16,20)(H,17,21)(H,18,19). The van der Waals surface area contributed by atoms with E-state index < -0.39 is 18.4 Å². The fourth-order valence-corrected chi connectivity index (χ4v) is 5.60. The third kappa shape index (κ3) is 4.08. The molecule has 7 nitrogen and oxygen atoms in total. The van der Waals surface area contributed by atoms with Gasteiger partial charge < -0.3 is 21.5 Å². The number of carbonyl (C=O) groups is 3. The van der Waals surface area contributed by atoms with E-state index in [-0.39, 0.29) is 11.5 Å². The Balaban J connectivity index is 3.45. The first-order valence-electron chi connectivity index (χ1n) is 5.40. The van der Waals surface area contributed by atoms with Crippen molar-refractivity contribution >= 4 is 91.2 Å². The number of rotatable bonds is 4. The summed E-state index contributed by atoms with van der Waals surface area (Å²) >= 11 is 5.74. The third-order valence-corrected chi connectivity index (χ3v) is 5.75. The molecule has 0 aliphatic carbocycles. The number of anilines is 1. The first-order chi connectivity index (χ1) is 9.72. The number of halogens is 3. The molecule has 0 saturated heterocycles. The summed E-state index contributed by atoms with van der Waals surface area (Å²) in [6.45, 7) is -0.508. The number of amides is 2. The number of carbonyl (C=O) groups excluding carboxylic acids is 2. The molecular weight excluding hydrogens is 619 g/mol. The minimum atomic E-state index is -1.15. The molecule has 1 aromatic carbocycles. The van der Waals surface area contributed by atoms with Crippen molar-refractivity contribution in [3.63, 3.8) is 0 Å². The van der Waals surface area contributed by atoms with Gasteiger partial charge in [-0.3, -0.25) is 14.4 Å². The maximum atomic E-state index is 12.1. The highest BCUT2D eigenvalue weighted by atomic mass is 127. The lowest BCUT2D eigenvalue weighted by atomic mass is 10.1. The van der Waals surface area contributed by atoms with Gasteiger partial charge in [0.25, 0.3) is 11.8 Å². The molecule has 114 valence electrons. The molecule has 21 heavy (non-hydrogen) atoms. The van der Waals surface area contributed by atoms with Crippen LogP contribution in [0.4, 0.5) is 5.69 Å². The average molecular weight is 629 g/mol. The minimum Gasteiger partial charge on any atom is -0.480 e. The molecule has 5 N–H and O–H groups in total. The van der Waals surface area contributed by atoms with Crippen molar-refractivity contribution in [1.82, 2.24) is 10.6 Å². The van der Waals surface area contributed by atoms with E-state index in [1.807, 2.05) is 67.8 Å². The lowest BCUT2D eigenvalue weighted by Crippen LogP contribution is -2.32. The van der Waals surface area contributed by atoms with E-state index in [2.05, 4.69) is 10.6 Å². The zero-order valence-corrected chi connectivity index (χ0v) is 17.1. The van der Waals surface area contributed by atoms with E-state index in [4.69, 9.17) is 10.8 Å². The first kappa shape index (κ1) is 18.7. The quantitative estimate of drug-likeness (QED) is 0.296. The fraction of sp³-hybridized carbons (Fsp3) is 0.182. The van der Waals surface area contributed by atoms with Gasteiger partial charge in [0, 0.05) is 10.6 Å². The molecular formula is C11H10I3N3O4. The topological polar surface area (TPSA) is 122 Å². The summed E-state index contributed by atoms with van der Waals surface area (Å²) in [6.07, 6.45) is 0. The largest absolute Gasteiger partial charge is 0.480 e. The summed E-state index contributed by atoms with van der Waals surface area (Å²) in [4.78, 5) is 34.6. The summed E-state index contributed by atoms with van der Waals surface area (Å²) in [5.74, 6) is -2.10. The second-order valence-electron chi connectivity index (χ2n) is 3.76. The summed E-state index contributed by atoms with van der Waals surface area (Å²) in [7, 11) is 1.48. The van der Waals surface area contributed by atoms with Crippen molar-refractivity contribution < 1.29 is 19.5 Å². The summed E-state index contributed by atoms with van der Waals surface area (Å²) in [5, 5.41) is 13.4. The van der Waals surface area contributed by atoms with Crippen molar-refractivity contribution in [3.05, 3.63) is 21.8 Å². The van der Waals surface area contributed by atoms with Crippen LogP contribution in [0.3, 0.4) is 0 Å². The normalized spacial score (nSPS) is 10.1.